The summed E-state index contributed by atoms with van der Waals surface area (Å²) in [5.74, 6) is 0.0778. The smallest absolute Gasteiger partial charge is 0.220 e. The molecular weight excluding hydrogens is 216 g/mol. The maximum Gasteiger partial charge on any atom is 0.220 e. The third kappa shape index (κ3) is 10.3. The minimum absolute atomic E-state index is 0.0733. The first-order chi connectivity index (χ1) is 7.66. The summed E-state index contributed by atoms with van der Waals surface area (Å²) >= 11 is 0. The molecule has 1 amide bonds. The Morgan fingerprint density at radius 3 is 2.29 bits per heavy atom. The molecule has 0 aromatic heterocycles. The fourth-order valence-corrected chi connectivity index (χ4v) is 1.33. The van der Waals surface area contributed by atoms with Crippen LogP contribution in [0.5, 0.6) is 0 Å². The molecule has 0 aliphatic heterocycles. The number of amides is 1. The van der Waals surface area contributed by atoms with E-state index >= 15 is 0 Å². The molecule has 0 heterocycles. The van der Waals surface area contributed by atoms with Crippen LogP contribution in [0.15, 0.2) is 0 Å². The highest BCUT2D eigenvalue weighted by atomic mass is 16.5. The molecule has 4 heteroatoms. The Hall–Kier alpha value is -0.610. The van der Waals surface area contributed by atoms with Gasteiger partial charge in [0.25, 0.3) is 0 Å². The first-order valence-electron chi connectivity index (χ1n) is 6.21. The maximum atomic E-state index is 11.6. The van der Waals surface area contributed by atoms with Crippen LogP contribution in [0.3, 0.4) is 0 Å². The fourth-order valence-electron chi connectivity index (χ4n) is 1.33. The lowest BCUT2D eigenvalue weighted by Gasteiger charge is -2.25. The number of nitrogens with two attached hydrogens (primary N) is 1. The Balaban J connectivity index is 3.83. The molecule has 0 radical (unpaired) electrons. The van der Waals surface area contributed by atoms with E-state index in [1.54, 1.807) is 7.11 Å². The summed E-state index contributed by atoms with van der Waals surface area (Å²) in [5, 5.41) is 2.95. The second-order valence-corrected chi connectivity index (χ2v) is 6.17. The Labute approximate surface area is 105 Å². The van der Waals surface area contributed by atoms with Gasteiger partial charge in [0, 0.05) is 32.2 Å². The largest absolute Gasteiger partial charge is 0.385 e. The number of ether oxygens (including phenoxy) is 1. The number of hydrogen-bond donors (Lipinski definition) is 2. The standard InChI is InChI=1S/C13H28N2O2/c1-12(2,8-9-17-5)10-15-11(16)6-7-13(3,4)14/h6-10,14H2,1-5H3,(H,15,16). The van der Waals surface area contributed by atoms with E-state index in [0.29, 0.717) is 19.4 Å². The average Bonchev–Trinajstić information content (AvgIpc) is 2.20. The Kier molecular flexibility index (Phi) is 6.72. The van der Waals surface area contributed by atoms with E-state index in [2.05, 4.69) is 19.2 Å². The average molecular weight is 244 g/mol. The van der Waals surface area contributed by atoms with Crippen LogP contribution < -0.4 is 11.1 Å². The second-order valence-electron chi connectivity index (χ2n) is 6.17. The monoisotopic (exact) mass is 244 g/mol. The predicted octanol–water partition coefficient (Wildman–Crippen LogP) is 1.68. The van der Waals surface area contributed by atoms with E-state index in [1.807, 2.05) is 13.8 Å². The van der Waals surface area contributed by atoms with Crippen molar-refractivity contribution in [2.24, 2.45) is 11.1 Å². The molecule has 0 aromatic rings. The van der Waals surface area contributed by atoms with E-state index in [-0.39, 0.29) is 16.9 Å². The van der Waals surface area contributed by atoms with Crippen molar-refractivity contribution in [2.45, 2.75) is 52.5 Å². The minimum Gasteiger partial charge on any atom is -0.385 e. The normalized spacial score (nSPS) is 12.6. The van der Waals surface area contributed by atoms with Crippen molar-refractivity contribution < 1.29 is 9.53 Å². The molecule has 0 spiro atoms. The zero-order valence-electron chi connectivity index (χ0n) is 11.9. The van der Waals surface area contributed by atoms with Gasteiger partial charge < -0.3 is 15.8 Å². The molecule has 0 bridgehead atoms. The summed E-state index contributed by atoms with van der Waals surface area (Å²) < 4.78 is 5.05. The first-order valence-corrected chi connectivity index (χ1v) is 6.21. The molecule has 0 saturated carbocycles. The third-order valence-corrected chi connectivity index (χ3v) is 2.74. The number of methoxy groups -OCH3 is 1. The minimum atomic E-state index is -0.275. The predicted molar refractivity (Wildman–Crippen MR) is 70.8 cm³/mol. The van der Waals surface area contributed by atoms with Crippen LogP contribution in [0.4, 0.5) is 0 Å². The van der Waals surface area contributed by atoms with Crippen LogP contribution in [-0.4, -0.2) is 31.7 Å². The second kappa shape index (κ2) is 6.97. The molecule has 0 unspecified atom stereocenters. The molecule has 0 fully saturated rings. The van der Waals surface area contributed by atoms with Gasteiger partial charge in [-0.2, -0.15) is 0 Å². The van der Waals surface area contributed by atoms with Crippen molar-refractivity contribution in [2.75, 3.05) is 20.3 Å². The van der Waals surface area contributed by atoms with Crippen LogP contribution in [0, 0.1) is 5.41 Å². The molecule has 0 atom stereocenters. The van der Waals surface area contributed by atoms with Crippen LogP contribution >= 0.6 is 0 Å². The summed E-state index contributed by atoms with van der Waals surface area (Å²) in [7, 11) is 1.69. The van der Waals surface area contributed by atoms with Crippen LogP contribution in [0.25, 0.3) is 0 Å². The van der Waals surface area contributed by atoms with Gasteiger partial charge in [-0.3, -0.25) is 4.79 Å². The summed E-state index contributed by atoms with van der Waals surface area (Å²) in [6, 6.07) is 0. The number of carbonyl (C=O) groups is 1. The molecule has 0 saturated heterocycles. The van der Waals surface area contributed by atoms with Gasteiger partial charge in [0.2, 0.25) is 5.91 Å². The zero-order chi connectivity index (χ0) is 13.5. The van der Waals surface area contributed by atoms with Gasteiger partial charge in [0.1, 0.15) is 0 Å². The van der Waals surface area contributed by atoms with E-state index in [0.717, 1.165) is 13.0 Å². The quantitative estimate of drug-likeness (QED) is 0.683. The summed E-state index contributed by atoms with van der Waals surface area (Å²) in [4.78, 5) is 11.6. The molecule has 0 aliphatic carbocycles. The van der Waals surface area contributed by atoms with Crippen molar-refractivity contribution in [3.63, 3.8) is 0 Å². The lowest BCUT2D eigenvalue weighted by atomic mass is 9.89. The van der Waals surface area contributed by atoms with Crippen molar-refractivity contribution in [1.29, 1.82) is 0 Å². The molecule has 4 nitrogen and oxygen atoms in total. The molecule has 17 heavy (non-hydrogen) atoms. The number of rotatable bonds is 8. The molecule has 0 rings (SSSR count). The third-order valence-electron chi connectivity index (χ3n) is 2.74. The Bertz CT molecular complexity index is 232. The first kappa shape index (κ1) is 16.4. The highest BCUT2D eigenvalue weighted by molar-refractivity contribution is 5.75. The summed E-state index contributed by atoms with van der Waals surface area (Å²) in [6.45, 7) is 9.52. The Morgan fingerprint density at radius 2 is 1.82 bits per heavy atom. The van der Waals surface area contributed by atoms with Crippen LogP contribution in [0.1, 0.15) is 47.0 Å². The Morgan fingerprint density at radius 1 is 1.24 bits per heavy atom. The highest BCUT2D eigenvalue weighted by Crippen LogP contribution is 2.18. The maximum absolute atomic E-state index is 11.6. The van der Waals surface area contributed by atoms with Crippen LogP contribution in [-0.2, 0) is 9.53 Å². The lowest BCUT2D eigenvalue weighted by Crippen LogP contribution is -2.37. The number of hydrogen-bond acceptors (Lipinski definition) is 3. The van der Waals surface area contributed by atoms with Gasteiger partial charge in [0.15, 0.2) is 0 Å². The van der Waals surface area contributed by atoms with Gasteiger partial charge in [-0.15, -0.1) is 0 Å². The van der Waals surface area contributed by atoms with Crippen molar-refractivity contribution in [3.8, 4) is 0 Å². The van der Waals surface area contributed by atoms with E-state index < -0.39 is 0 Å². The molecule has 3 N–H and O–H groups in total. The van der Waals surface area contributed by atoms with Gasteiger partial charge in [-0.25, -0.2) is 0 Å². The van der Waals surface area contributed by atoms with Crippen molar-refractivity contribution in [3.05, 3.63) is 0 Å². The lowest BCUT2D eigenvalue weighted by molar-refractivity contribution is -0.121. The highest BCUT2D eigenvalue weighted by Gasteiger charge is 2.19. The van der Waals surface area contributed by atoms with Crippen molar-refractivity contribution >= 4 is 5.91 Å². The van der Waals surface area contributed by atoms with Crippen LogP contribution in [0.2, 0.25) is 0 Å². The van der Waals surface area contributed by atoms with Gasteiger partial charge in [0.05, 0.1) is 0 Å². The van der Waals surface area contributed by atoms with E-state index in [9.17, 15) is 4.79 Å². The molecule has 102 valence electrons. The topological polar surface area (TPSA) is 64.3 Å². The summed E-state index contributed by atoms with van der Waals surface area (Å²) in [5.41, 5.74) is 5.63. The van der Waals surface area contributed by atoms with Gasteiger partial charge in [-0.05, 0) is 32.1 Å². The van der Waals surface area contributed by atoms with Gasteiger partial charge in [-0.1, -0.05) is 13.8 Å². The number of nitrogens with one attached hydrogen (secondary N) is 1. The molecular formula is C13H28N2O2. The molecule has 0 aromatic carbocycles. The van der Waals surface area contributed by atoms with E-state index in [4.69, 9.17) is 10.5 Å². The zero-order valence-corrected chi connectivity index (χ0v) is 11.9. The molecule has 0 aliphatic rings. The fraction of sp³-hybridized carbons (Fsp3) is 0.923. The summed E-state index contributed by atoms with van der Waals surface area (Å²) in [6.07, 6.45) is 2.13. The SMILES string of the molecule is COCCC(C)(C)CNC(=O)CCC(C)(C)N. The van der Waals surface area contributed by atoms with E-state index in [1.165, 1.54) is 0 Å². The van der Waals surface area contributed by atoms with Crippen molar-refractivity contribution in [1.82, 2.24) is 5.32 Å². The number of carbonyl (C=O) groups excluding carboxylic acids is 1. The van der Waals surface area contributed by atoms with Gasteiger partial charge >= 0.3 is 0 Å².